The molecule has 1 aromatic rings. The molecule has 108 valence electrons. The van der Waals surface area contributed by atoms with E-state index < -0.39 is 0 Å². The standard InChI is InChI=1S/C13H26N6/c1-9(2)6-11(8-19(4)5)16-12-7-10(3)15-13(17-12)18-14/h7,9,11H,6,8,14H2,1-5H3,(H2,15,16,17,18). The van der Waals surface area contributed by atoms with Crippen molar-refractivity contribution in [3.05, 3.63) is 11.8 Å². The first kappa shape index (κ1) is 15.7. The lowest BCUT2D eigenvalue weighted by Gasteiger charge is -2.24. The smallest absolute Gasteiger partial charge is 0.239 e. The highest BCUT2D eigenvalue weighted by Crippen LogP contribution is 2.14. The Morgan fingerprint density at radius 2 is 2.00 bits per heavy atom. The molecule has 0 aliphatic carbocycles. The van der Waals surface area contributed by atoms with Gasteiger partial charge in [0.15, 0.2) is 0 Å². The second kappa shape index (κ2) is 7.25. The van der Waals surface area contributed by atoms with Crippen LogP contribution >= 0.6 is 0 Å². The minimum absolute atomic E-state index is 0.356. The SMILES string of the molecule is Cc1cc(NC(CC(C)C)CN(C)C)nc(NN)n1. The molecule has 0 radical (unpaired) electrons. The lowest BCUT2D eigenvalue weighted by atomic mass is 10.0. The Hall–Kier alpha value is -1.40. The van der Waals surface area contributed by atoms with E-state index in [-0.39, 0.29) is 0 Å². The van der Waals surface area contributed by atoms with Crippen LogP contribution in [0.3, 0.4) is 0 Å². The van der Waals surface area contributed by atoms with Gasteiger partial charge in [-0.25, -0.2) is 10.8 Å². The van der Waals surface area contributed by atoms with Crippen LogP contribution in [0.15, 0.2) is 6.07 Å². The van der Waals surface area contributed by atoms with Crippen LogP contribution in [0.4, 0.5) is 11.8 Å². The molecule has 0 saturated carbocycles. The fourth-order valence-corrected chi connectivity index (χ4v) is 2.11. The van der Waals surface area contributed by atoms with Gasteiger partial charge in [0.1, 0.15) is 5.82 Å². The minimum Gasteiger partial charge on any atom is -0.366 e. The van der Waals surface area contributed by atoms with Crippen molar-refractivity contribution in [3.8, 4) is 0 Å². The van der Waals surface area contributed by atoms with Gasteiger partial charge in [-0.15, -0.1) is 0 Å². The Morgan fingerprint density at radius 3 is 2.53 bits per heavy atom. The van der Waals surface area contributed by atoms with E-state index in [1.807, 2.05) is 13.0 Å². The van der Waals surface area contributed by atoms with E-state index in [4.69, 9.17) is 5.84 Å². The van der Waals surface area contributed by atoms with E-state index in [0.717, 1.165) is 24.5 Å². The predicted octanol–water partition coefficient (Wildman–Crippen LogP) is 1.46. The number of nitrogens with one attached hydrogen (secondary N) is 2. The number of hydrogen-bond acceptors (Lipinski definition) is 6. The number of nitrogens with zero attached hydrogens (tertiary/aromatic N) is 3. The van der Waals surface area contributed by atoms with Gasteiger partial charge < -0.3 is 10.2 Å². The molecule has 1 rings (SSSR count). The fourth-order valence-electron chi connectivity index (χ4n) is 2.11. The quantitative estimate of drug-likeness (QED) is 0.512. The average Bonchev–Trinajstić information content (AvgIpc) is 2.26. The Balaban J connectivity index is 2.79. The third-order valence-electron chi connectivity index (χ3n) is 2.68. The lowest BCUT2D eigenvalue weighted by molar-refractivity contribution is 0.356. The Labute approximate surface area is 115 Å². The maximum atomic E-state index is 5.37. The molecule has 0 amide bonds. The molecule has 19 heavy (non-hydrogen) atoms. The molecule has 1 heterocycles. The highest BCUT2D eigenvalue weighted by Gasteiger charge is 2.13. The van der Waals surface area contributed by atoms with E-state index in [2.05, 4.69) is 53.6 Å². The van der Waals surface area contributed by atoms with E-state index in [9.17, 15) is 0 Å². The van der Waals surface area contributed by atoms with Gasteiger partial charge in [0.2, 0.25) is 5.95 Å². The van der Waals surface area contributed by atoms with Crippen LogP contribution in [0.1, 0.15) is 26.0 Å². The molecule has 0 aliphatic rings. The highest BCUT2D eigenvalue weighted by atomic mass is 15.3. The van der Waals surface area contributed by atoms with Gasteiger partial charge in [0, 0.05) is 24.3 Å². The topological polar surface area (TPSA) is 79.1 Å². The van der Waals surface area contributed by atoms with E-state index in [0.29, 0.717) is 17.9 Å². The summed E-state index contributed by atoms with van der Waals surface area (Å²) in [6.07, 6.45) is 1.09. The summed E-state index contributed by atoms with van der Waals surface area (Å²) in [6.45, 7) is 7.34. The zero-order valence-electron chi connectivity index (χ0n) is 12.6. The maximum Gasteiger partial charge on any atom is 0.239 e. The van der Waals surface area contributed by atoms with Crippen LogP contribution in [-0.4, -0.2) is 41.5 Å². The molecule has 0 fully saturated rings. The van der Waals surface area contributed by atoms with E-state index in [1.165, 1.54) is 0 Å². The van der Waals surface area contributed by atoms with Crippen molar-refractivity contribution in [2.45, 2.75) is 33.2 Å². The minimum atomic E-state index is 0.356. The van der Waals surface area contributed by atoms with Crippen molar-refractivity contribution in [3.63, 3.8) is 0 Å². The van der Waals surface area contributed by atoms with Crippen LogP contribution in [0.25, 0.3) is 0 Å². The van der Waals surface area contributed by atoms with Gasteiger partial charge in [0.05, 0.1) is 0 Å². The first-order valence-electron chi connectivity index (χ1n) is 6.64. The Bertz CT molecular complexity index is 381. The van der Waals surface area contributed by atoms with Crippen molar-refractivity contribution in [1.29, 1.82) is 0 Å². The Morgan fingerprint density at radius 1 is 1.32 bits per heavy atom. The monoisotopic (exact) mass is 266 g/mol. The number of nitrogen functional groups attached to an aromatic ring is 1. The Kier molecular flexibility index (Phi) is 5.98. The molecule has 0 aliphatic heterocycles. The van der Waals surface area contributed by atoms with Crippen LogP contribution in [-0.2, 0) is 0 Å². The van der Waals surface area contributed by atoms with Gasteiger partial charge in [-0.2, -0.15) is 4.98 Å². The molecule has 6 nitrogen and oxygen atoms in total. The lowest BCUT2D eigenvalue weighted by Crippen LogP contribution is -2.34. The molecular formula is C13H26N6. The van der Waals surface area contributed by atoms with Crippen molar-refractivity contribution < 1.29 is 0 Å². The largest absolute Gasteiger partial charge is 0.366 e. The van der Waals surface area contributed by atoms with Crippen LogP contribution in [0, 0.1) is 12.8 Å². The van der Waals surface area contributed by atoms with Crippen LogP contribution in [0.2, 0.25) is 0 Å². The predicted molar refractivity (Wildman–Crippen MR) is 80.0 cm³/mol. The third-order valence-corrected chi connectivity index (χ3v) is 2.68. The fraction of sp³-hybridized carbons (Fsp3) is 0.692. The summed E-state index contributed by atoms with van der Waals surface area (Å²) in [7, 11) is 4.15. The normalized spacial score (nSPS) is 12.8. The average molecular weight is 266 g/mol. The van der Waals surface area contributed by atoms with Gasteiger partial charge in [-0.3, -0.25) is 5.43 Å². The number of likely N-dealkylation sites (N-methyl/N-ethyl adjacent to an activating group) is 1. The number of rotatable bonds is 7. The summed E-state index contributed by atoms with van der Waals surface area (Å²) in [6, 6.07) is 2.29. The molecule has 1 aromatic heterocycles. The second-order valence-corrected chi connectivity index (χ2v) is 5.60. The molecule has 1 atom stereocenters. The third kappa shape index (κ3) is 5.85. The zero-order chi connectivity index (χ0) is 14.4. The van der Waals surface area contributed by atoms with E-state index in [1.54, 1.807) is 0 Å². The summed E-state index contributed by atoms with van der Waals surface area (Å²) in [5.74, 6) is 7.25. The van der Waals surface area contributed by atoms with Crippen LogP contribution < -0.4 is 16.6 Å². The second-order valence-electron chi connectivity index (χ2n) is 5.60. The summed E-state index contributed by atoms with van der Waals surface area (Å²) in [4.78, 5) is 10.7. The summed E-state index contributed by atoms with van der Waals surface area (Å²) >= 11 is 0. The van der Waals surface area contributed by atoms with Crippen LogP contribution in [0.5, 0.6) is 0 Å². The first-order valence-corrected chi connectivity index (χ1v) is 6.64. The number of aromatic nitrogens is 2. The molecule has 0 spiro atoms. The molecule has 0 bridgehead atoms. The number of anilines is 2. The maximum absolute atomic E-state index is 5.37. The summed E-state index contributed by atoms with van der Waals surface area (Å²) in [5.41, 5.74) is 3.38. The number of hydrogen-bond donors (Lipinski definition) is 3. The van der Waals surface area contributed by atoms with Crippen molar-refractivity contribution in [2.24, 2.45) is 11.8 Å². The zero-order valence-corrected chi connectivity index (χ0v) is 12.6. The van der Waals surface area contributed by atoms with Gasteiger partial charge in [-0.05, 0) is 33.4 Å². The van der Waals surface area contributed by atoms with E-state index >= 15 is 0 Å². The summed E-state index contributed by atoms with van der Waals surface area (Å²) in [5, 5.41) is 3.47. The number of nitrogens with two attached hydrogens (primary N) is 1. The van der Waals surface area contributed by atoms with Gasteiger partial charge in [0.25, 0.3) is 0 Å². The summed E-state index contributed by atoms with van der Waals surface area (Å²) < 4.78 is 0. The molecular weight excluding hydrogens is 240 g/mol. The number of hydrazine groups is 1. The molecule has 4 N–H and O–H groups in total. The molecule has 6 heteroatoms. The van der Waals surface area contributed by atoms with Gasteiger partial charge in [-0.1, -0.05) is 13.8 Å². The van der Waals surface area contributed by atoms with Crippen molar-refractivity contribution in [1.82, 2.24) is 14.9 Å². The number of aryl methyl sites for hydroxylation is 1. The molecule has 0 saturated heterocycles. The van der Waals surface area contributed by atoms with Gasteiger partial charge >= 0.3 is 0 Å². The first-order chi connectivity index (χ1) is 8.90. The van der Waals surface area contributed by atoms with Crippen molar-refractivity contribution >= 4 is 11.8 Å². The highest BCUT2D eigenvalue weighted by molar-refractivity contribution is 5.42. The molecule has 1 unspecified atom stereocenters. The van der Waals surface area contributed by atoms with Crippen molar-refractivity contribution in [2.75, 3.05) is 31.4 Å². The molecule has 0 aromatic carbocycles.